The van der Waals surface area contributed by atoms with Gasteiger partial charge in [-0.3, -0.25) is 4.79 Å². The number of aliphatic imine (C=N–C) groups is 1. The molecule has 0 saturated carbocycles. The largest absolute Gasteiger partial charge is 0.372 e. The van der Waals surface area contributed by atoms with Crippen LogP contribution in [0.3, 0.4) is 0 Å². The average molecular weight is 401 g/mol. The van der Waals surface area contributed by atoms with Gasteiger partial charge in [0.05, 0.1) is 18.8 Å². The van der Waals surface area contributed by atoms with Crippen molar-refractivity contribution in [2.75, 3.05) is 32.7 Å². The summed E-state index contributed by atoms with van der Waals surface area (Å²) in [6, 6.07) is 7.89. The Morgan fingerprint density at radius 2 is 1.69 bits per heavy atom. The van der Waals surface area contributed by atoms with Crippen molar-refractivity contribution in [1.82, 2.24) is 15.1 Å². The zero-order valence-corrected chi connectivity index (χ0v) is 18.4. The fraction of sp³-hybridized carbons (Fsp3) is 0.652. The Bertz CT molecular complexity index is 685. The number of amides is 1. The molecular weight excluding hydrogens is 364 g/mol. The molecule has 2 atom stereocenters. The van der Waals surface area contributed by atoms with Crippen LogP contribution in [-0.2, 0) is 11.3 Å². The molecule has 1 N–H and O–H groups in total. The van der Waals surface area contributed by atoms with Crippen molar-refractivity contribution in [3.8, 4) is 0 Å². The predicted molar refractivity (Wildman–Crippen MR) is 117 cm³/mol. The first-order valence-corrected chi connectivity index (χ1v) is 11.0. The van der Waals surface area contributed by atoms with E-state index in [2.05, 4.69) is 24.1 Å². The number of benzene rings is 1. The molecule has 0 aromatic heterocycles. The summed E-state index contributed by atoms with van der Waals surface area (Å²) in [5.74, 6) is 1.88. The number of likely N-dealkylation sites (tertiary alicyclic amines) is 1. The highest BCUT2D eigenvalue weighted by Gasteiger charge is 2.26. The van der Waals surface area contributed by atoms with Crippen molar-refractivity contribution in [2.24, 2.45) is 10.9 Å². The van der Waals surface area contributed by atoms with Gasteiger partial charge in [0.15, 0.2) is 5.96 Å². The monoisotopic (exact) mass is 400 g/mol. The molecule has 2 unspecified atom stereocenters. The number of nitrogens with zero attached hydrogens (tertiary/aromatic N) is 3. The standard InChI is InChI=1S/C23H36N4O2/c1-5-24-23(26-12-10-17(2)11-13-26)25-14-20-6-8-21(9-7-20)22(28)27-15-18(3)29-19(4)16-27/h6-9,17-19H,5,10-16H2,1-4H3,(H,24,25). The highest BCUT2D eigenvalue weighted by atomic mass is 16.5. The fourth-order valence-electron chi connectivity index (χ4n) is 4.09. The van der Waals surface area contributed by atoms with Crippen molar-refractivity contribution in [3.05, 3.63) is 35.4 Å². The lowest BCUT2D eigenvalue weighted by atomic mass is 10.00. The van der Waals surface area contributed by atoms with Crippen molar-refractivity contribution in [1.29, 1.82) is 0 Å². The number of guanidine groups is 1. The van der Waals surface area contributed by atoms with Crippen LogP contribution >= 0.6 is 0 Å². The number of carbonyl (C=O) groups excluding carboxylic acids is 1. The molecule has 160 valence electrons. The Morgan fingerprint density at radius 3 is 2.28 bits per heavy atom. The number of piperidine rings is 1. The quantitative estimate of drug-likeness (QED) is 0.623. The predicted octanol–water partition coefficient (Wildman–Crippen LogP) is 3.13. The Balaban J connectivity index is 1.61. The van der Waals surface area contributed by atoms with Crippen LogP contribution in [0.25, 0.3) is 0 Å². The zero-order valence-electron chi connectivity index (χ0n) is 18.4. The maximum atomic E-state index is 12.8. The topological polar surface area (TPSA) is 57.2 Å². The lowest BCUT2D eigenvalue weighted by Gasteiger charge is -2.35. The summed E-state index contributed by atoms with van der Waals surface area (Å²) < 4.78 is 5.73. The lowest BCUT2D eigenvalue weighted by Crippen LogP contribution is -2.48. The lowest BCUT2D eigenvalue weighted by molar-refractivity contribution is -0.0586. The molecule has 6 nitrogen and oxygen atoms in total. The summed E-state index contributed by atoms with van der Waals surface area (Å²) in [7, 11) is 0. The van der Waals surface area contributed by atoms with Gasteiger partial charge < -0.3 is 19.9 Å². The number of rotatable bonds is 4. The van der Waals surface area contributed by atoms with E-state index in [1.165, 1.54) is 12.8 Å². The summed E-state index contributed by atoms with van der Waals surface area (Å²) >= 11 is 0. The van der Waals surface area contributed by atoms with Gasteiger partial charge in [0.2, 0.25) is 0 Å². The summed E-state index contributed by atoms with van der Waals surface area (Å²) in [6.45, 7) is 13.4. The maximum absolute atomic E-state index is 12.8. The number of hydrogen-bond acceptors (Lipinski definition) is 3. The van der Waals surface area contributed by atoms with Crippen molar-refractivity contribution in [3.63, 3.8) is 0 Å². The molecule has 2 aliphatic rings. The van der Waals surface area contributed by atoms with E-state index in [-0.39, 0.29) is 18.1 Å². The van der Waals surface area contributed by atoms with E-state index in [9.17, 15) is 4.79 Å². The van der Waals surface area contributed by atoms with Crippen LogP contribution < -0.4 is 5.32 Å². The van der Waals surface area contributed by atoms with E-state index >= 15 is 0 Å². The SMILES string of the molecule is CCNC(=NCc1ccc(C(=O)N2CC(C)OC(C)C2)cc1)N1CCC(C)CC1. The molecule has 2 heterocycles. The van der Waals surface area contributed by atoms with E-state index in [0.717, 1.165) is 42.6 Å². The smallest absolute Gasteiger partial charge is 0.254 e. The zero-order chi connectivity index (χ0) is 20.8. The van der Waals surface area contributed by atoms with Crippen molar-refractivity contribution in [2.45, 2.75) is 59.3 Å². The van der Waals surface area contributed by atoms with Crippen LogP contribution in [0.15, 0.2) is 29.3 Å². The van der Waals surface area contributed by atoms with Gasteiger partial charge in [-0.1, -0.05) is 19.1 Å². The first-order chi connectivity index (χ1) is 14.0. The molecule has 2 fully saturated rings. The minimum atomic E-state index is 0.0813. The van der Waals surface area contributed by atoms with Gasteiger partial charge in [-0.25, -0.2) is 4.99 Å². The second kappa shape index (κ2) is 10.1. The maximum Gasteiger partial charge on any atom is 0.254 e. The van der Waals surface area contributed by atoms with Gasteiger partial charge in [0.25, 0.3) is 5.91 Å². The summed E-state index contributed by atoms with van der Waals surface area (Å²) in [5.41, 5.74) is 1.85. The molecule has 2 aliphatic heterocycles. The van der Waals surface area contributed by atoms with Crippen LogP contribution in [0.5, 0.6) is 0 Å². The summed E-state index contributed by atoms with van der Waals surface area (Å²) in [4.78, 5) is 21.9. The third-order valence-electron chi connectivity index (χ3n) is 5.74. The van der Waals surface area contributed by atoms with Gasteiger partial charge in [-0.05, 0) is 57.2 Å². The van der Waals surface area contributed by atoms with Crippen molar-refractivity contribution < 1.29 is 9.53 Å². The molecule has 3 rings (SSSR count). The molecule has 0 bridgehead atoms. The van der Waals surface area contributed by atoms with E-state index in [1.54, 1.807) is 0 Å². The molecule has 6 heteroatoms. The Kier molecular flexibility index (Phi) is 7.53. The number of morpholine rings is 1. The minimum absolute atomic E-state index is 0.0813. The summed E-state index contributed by atoms with van der Waals surface area (Å²) in [5, 5.41) is 3.42. The average Bonchev–Trinajstić information content (AvgIpc) is 2.71. The molecule has 0 radical (unpaired) electrons. The minimum Gasteiger partial charge on any atom is -0.372 e. The molecule has 1 amide bonds. The van der Waals surface area contributed by atoms with Crippen LogP contribution in [-0.4, -0.2) is 66.6 Å². The molecule has 2 saturated heterocycles. The highest BCUT2D eigenvalue weighted by Crippen LogP contribution is 2.17. The van der Waals surface area contributed by atoms with Crippen LogP contribution in [0, 0.1) is 5.92 Å². The number of ether oxygens (including phenoxy) is 1. The van der Waals surface area contributed by atoms with E-state index in [4.69, 9.17) is 9.73 Å². The van der Waals surface area contributed by atoms with Crippen molar-refractivity contribution >= 4 is 11.9 Å². The molecule has 29 heavy (non-hydrogen) atoms. The Hall–Kier alpha value is -2.08. The van der Waals surface area contributed by atoms with Gasteiger partial charge >= 0.3 is 0 Å². The van der Waals surface area contributed by atoms with E-state index in [0.29, 0.717) is 19.6 Å². The van der Waals surface area contributed by atoms with Gasteiger partial charge in [0.1, 0.15) is 0 Å². The van der Waals surface area contributed by atoms with Crippen LogP contribution in [0.1, 0.15) is 56.5 Å². The number of carbonyl (C=O) groups is 1. The molecule has 1 aromatic rings. The van der Waals surface area contributed by atoms with Gasteiger partial charge in [-0.15, -0.1) is 0 Å². The third-order valence-corrected chi connectivity index (χ3v) is 5.74. The first kappa shape index (κ1) is 21.6. The summed E-state index contributed by atoms with van der Waals surface area (Å²) in [6.07, 6.45) is 2.61. The highest BCUT2D eigenvalue weighted by molar-refractivity contribution is 5.94. The van der Waals surface area contributed by atoms with Gasteiger partial charge in [0, 0.05) is 38.3 Å². The molecule has 1 aromatic carbocycles. The second-order valence-corrected chi connectivity index (χ2v) is 8.50. The molecule has 0 aliphatic carbocycles. The fourth-order valence-corrected chi connectivity index (χ4v) is 4.09. The second-order valence-electron chi connectivity index (χ2n) is 8.50. The molecule has 0 spiro atoms. The Labute approximate surface area is 175 Å². The van der Waals surface area contributed by atoms with Crippen LogP contribution in [0.2, 0.25) is 0 Å². The van der Waals surface area contributed by atoms with Gasteiger partial charge in [-0.2, -0.15) is 0 Å². The van der Waals surface area contributed by atoms with Crippen LogP contribution in [0.4, 0.5) is 0 Å². The number of nitrogens with one attached hydrogen (secondary N) is 1. The normalized spacial score (nSPS) is 23.9. The number of hydrogen-bond donors (Lipinski definition) is 1. The molecular formula is C23H36N4O2. The van der Waals surface area contributed by atoms with E-state index < -0.39 is 0 Å². The van der Waals surface area contributed by atoms with E-state index in [1.807, 2.05) is 43.0 Å². The first-order valence-electron chi connectivity index (χ1n) is 11.0. The third kappa shape index (κ3) is 5.95. The Morgan fingerprint density at radius 1 is 1.07 bits per heavy atom.